The maximum absolute atomic E-state index is 12.8. The van der Waals surface area contributed by atoms with Crippen LogP contribution < -0.4 is 0 Å². The fourth-order valence-electron chi connectivity index (χ4n) is 3.56. The Hall–Kier alpha value is -0.660. The van der Waals surface area contributed by atoms with Crippen molar-refractivity contribution in [3.63, 3.8) is 0 Å². The summed E-state index contributed by atoms with van der Waals surface area (Å²) in [5.74, 6) is -0.925. The van der Waals surface area contributed by atoms with Crippen LogP contribution in [0.3, 0.4) is 0 Å². The van der Waals surface area contributed by atoms with Crippen molar-refractivity contribution in [3.05, 3.63) is 0 Å². The molecule has 0 aromatic carbocycles. The van der Waals surface area contributed by atoms with E-state index in [2.05, 4.69) is 0 Å². The minimum Gasteiger partial charge on any atom is -0.481 e. The van der Waals surface area contributed by atoms with Crippen molar-refractivity contribution < 1.29 is 23.1 Å². The van der Waals surface area contributed by atoms with Crippen LogP contribution >= 0.6 is 0 Å². The van der Waals surface area contributed by atoms with Crippen molar-refractivity contribution in [2.24, 2.45) is 0 Å². The van der Waals surface area contributed by atoms with E-state index < -0.39 is 26.8 Å². The Morgan fingerprint density at radius 1 is 1.24 bits per heavy atom. The van der Waals surface area contributed by atoms with Gasteiger partial charge in [0.2, 0.25) is 10.0 Å². The average Bonchev–Trinajstić information content (AvgIpc) is 2.47. The second kappa shape index (κ2) is 6.62. The van der Waals surface area contributed by atoms with E-state index >= 15 is 0 Å². The molecule has 2 aliphatic rings. The first kappa shape index (κ1) is 16.7. The topological polar surface area (TPSA) is 83.9 Å². The Balaban J connectivity index is 2.23. The van der Waals surface area contributed by atoms with Crippen LogP contribution in [0.15, 0.2) is 0 Å². The van der Waals surface area contributed by atoms with Crippen LogP contribution in [-0.2, 0) is 19.6 Å². The normalized spacial score (nSPS) is 24.1. The summed E-state index contributed by atoms with van der Waals surface area (Å²) in [6.07, 6.45) is 4.99. The molecule has 1 saturated carbocycles. The van der Waals surface area contributed by atoms with Gasteiger partial charge in [0.25, 0.3) is 0 Å². The predicted octanol–water partition coefficient (Wildman–Crippen LogP) is 1.60. The quantitative estimate of drug-likeness (QED) is 0.832. The number of hydrogen-bond acceptors (Lipinski definition) is 4. The number of carboxylic acids is 1. The summed E-state index contributed by atoms with van der Waals surface area (Å²) in [6.45, 7) is 0.924. The monoisotopic (exact) mass is 319 g/mol. The van der Waals surface area contributed by atoms with E-state index in [4.69, 9.17) is 4.74 Å². The number of ether oxygens (including phenoxy) is 1. The van der Waals surface area contributed by atoms with Crippen molar-refractivity contribution >= 4 is 16.0 Å². The molecule has 2 rings (SSSR count). The number of rotatable bonds is 5. The zero-order valence-electron chi connectivity index (χ0n) is 12.6. The zero-order chi connectivity index (χ0) is 15.5. The van der Waals surface area contributed by atoms with Crippen LogP contribution in [-0.4, -0.2) is 54.8 Å². The largest absolute Gasteiger partial charge is 0.481 e. The highest BCUT2D eigenvalue weighted by Gasteiger charge is 2.46. The van der Waals surface area contributed by atoms with Gasteiger partial charge in [0.1, 0.15) is 0 Å². The lowest BCUT2D eigenvalue weighted by atomic mass is 9.79. The molecule has 1 aliphatic heterocycles. The SMILES string of the molecule is CN(C1(CC(=O)O)CCCCC1)S(=O)(=O)C1CCOCC1. The average molecular weight is 319 g/mol. The summed E-state index contributed by atoms with van der Waals surface area (Å²) in [5, 5.41) is 8.77. The van der Waals surface area contributed by atoms with Crippen LogP contribution in [0.4, 0.5) is 0 Å². The molecule has 0 unspecified atom stereocenters. The van der Waals surface area contributed by atoms with Gasteiger partial charge in [0, 0.05) is 25.8 Å². The molecule has 122 valence electrons. The fourth-order valence-corrected chi connectivity index (χ4v) is 5.58. The zero-order valence-corrected chi connectivity index (χ0v) is 13.4. The van der Waals surface area contributed by atoms with Gasteiger partial charge in [0.15, 0.2) is 0 Å². The van der Waals surface area contributed by atoms with Crippen LogP contribution in [0.2, 0.25) is 0 Å². The maximum Gasteiger partial charge on any atom is 0.305 e. The number of hydrogen-bond donors (Lipinski definition) is 1. The Labute approximate surface area is 126 Å². The number of carboxylic acid groups (broad SMARTS) is 1. The Kier molecular flexibility index (Phi) is 5.27. The third-order valence-corrected chi connectivity index (χ3v) is 7.37. The molecule has 0 spiro atoms. The summed E-state index contributed by atoms with van der Waals surface area (Å²) in [7, 11) is -1.91. The van der Waals surface area contributed by atoms with E-state index in [0.29, 0.717) is 38.9 Å². The van der Waals surface area contributed by atoms with Gasteiger partial charge in [-0.2, -0.15) is 4.31 Å². The standard InChI is InChI=1S/C14H25NO5S/c1-15(21(18,19)12-5-9-20-10-6-12)14(11-13(16)17)7-3-2-4-8-14/h12H,2-11H2,1H3,(H,16,17). The summed E-state index contributed by atoms with van der Waals surface area (Å²) in [6, 6.07) is 0. The molecule has 1 N–H and O–H groups in total. The first-order valence-corrected chi connectivity index (χ1v) is 9.16. The second-order valence-corrected chi connectivity index (χ2v) is 8.42. The highest BCUT2D eigenvalue weighted by Crippen LogP contribution is 2.39. The van der Waals surface area contributed by atoms with E-state index in [1.165, 1.54) is 4.31 Å². The Morgan fingerprint density at radius 2 is 1.81 bits per heavy atom. The van der Waals surface area contributed by atoms with Crippen LogP contribution in [0, 0.1) is 0 Å². The molecule has 21 heavy (non-hydrogen) atoms. The van der Waals surface area contributed by atoms with Gasteiger partial charge in [-0.1, -0.05) is 19.3 Å². The smallest absolute Gasteiger partial charge is 0.305 e. The molecule has 6 nitrogen and oxygen atoms in total. The molecule has 0 atom stereocenters. The number of nitrogens with zero attached hydrogens (tertiary/aromatic N) is 1. The van der Waals surface area contributed by atoms with E-state index in [9.17, 15) is 18.3 Å². The summed E-state index contributed by atoms with van der Waals surface area (Å²) >= 11 is 0. The van der Waals surface area contributed by atoms with Crippen LogP contribution in [0.1, 0.15) is 51.4 Å². The molecule has 0 amide bonds. The van der Waals surface area contributed by atoms with E-state index in [0.717, 1.165) is 19.3 Å². The minimum atomic E-state index is -3.48. The van der Waals surface area contributed by atoms with Crippen LogP contribution in [0.25, 0.3) is 0 Å². The first-order valence-electron chi connectivity index (χ1n) is 7.66. The van der Waals surface area contributed by atoms with Gasteiger partial charge in [-0.3, -0.25) is 4.79 Å². The molecule has 1 saturated heterocycles. The van der Waals surface area contributed by atoms with Crippen molar-refractivity contribution in [2.45, 2.75) is 62.2 Å². The summed E-state index contributed by atoms with van der Waals surface area (Å²) in [5.41, 5.74) is -0.749. The summed E-state index contributed by atoms with van der Waals surface area (Å²) < 4.78 is 32.3. The lowest BCUT2D eigenvalue weighted by Gasteiger charge is -2.44. The first-order chi connectivity index (χ1) is 9.88. The van der Waals surface area contributed by atoms with Crippen molar-refractivity contribution in [2.75, 3.05) is 20.3 Å². The fraction of sp³-hybridized carbons (Fsp3) is 0.929. The van der Waals surface area contributed by atoms with Gasteiger partial charge >= 0.3 is 5.97 Å². The Bertz CT molecular complexity index is 464. The summed E-state index contributed by atoms with van der Waals surface area (Å²) in [4.78, 5) is 11.2. The van der Waals surface area contributed by atoms with Gasteiger partial charge in [-0.05, 0) is 25.7 Å². The molecule has 7 heteroatoms. The number of aliphatic carboxylic acids is 1. The third-order valence-electron chi connectivity index (χ3n) is 4.90. The number of sulfonamides is 1. The molecule has 1 aliphatic carbocycles. The highest BCUT2D eigenvalue weighted by atomic mass is 32.2. The van der Waals surface area contributed by atoms with Crippen molar-refractivity contribution in [1.82, 2.24) is 4.31 Å². The van der Waals surface area contributed by atoms with Gasteiger partial charge in [-0.25, -0.2) is 8.42 Å². The lowest BCUT2D eigenvalue weighted by Crippen LogP contribution is -2.54. The van der Waals surface area contributed by atoms with Gasteiger partial charge < -0.3 is 9.84 Å². The molecule has 0 bridgehead atoms. The molecular formula is C14H25NO5S. The molecule has 0 aromatic rings. The number of carbonyl (C=O) groups is 1. The minimum absolute atomic E-state index is 0.105. The highest BCUT2D eigenvalue weighted by molar-refractivity contribution is 7.89. The van der Waals surface area contributed by atoms with E-state index in [1.54, 1.807) is 7.05 Å². The molecule has 1 heterocycles. The lowest BCUT2D eigenvalue weighted by molar-refractivity contribution is -0.140. The van der Waals surface area contributed by atoms with Gasteiger partial charge in [0.05, 0.1) is 11.7 Å². The predicted molar refractivity (Wildman–Crippen MR) is 78.6 cm³/mol. The van der Waals surface area contributed by atoms with Crippen molar-refractivity contribution in [3.8, 4) is 0 Å². The Morgan fingerprint density at radius 3 is 2.33 bits per heavy atom. The third kappa shape index (κ3) is 3.57. The van der Waals surface area contributed by atoms with Crippen molar-refractivity contribution in [1.29, 1.82) is 0 Å². The van der Waals surface area contributed by atoms with Crippen LogP contribution in [0.5, 0.6) is 0 Å². The van der Waals surface area contributed by atoms with E-state index in [-0.39, 0.29) is 6.42 Å². The second-order valence-electron chi connectivity index (χ2n) is 6.18. The molecule has 0 aromatic heterocycles. The maximum atomic E-state index is 12.8. The molecular weight excluding hydrogens is 294 g/mol. The van der Waals surface area contributed by atoms with Gasteiger partial charge in [-0.15, -0.1) is 0 Å². The molecule has 0 radical (unpaired) electrons. The molecule has 2 fully saturated rings. The van der Waals surface area contributed by atoms with E-state index in [1.807, 2.05) is 0 Å².